The number of hydrogen-bond donors (Lipinski definition) is 4. The predicted molar refractivity (Wildman–Crippen MR) is 531 cm³/mol. The average molecular weight is 1870 g/mol. The van der Waals surface area contributed by atoms with Gasteiger partial charge in [0.05, 0.1) is 109 Å². The van der Waals surface area contributed by atoms with Gasteiger partial charge < -0.3 is 107 Å². The topological polar surface area (TPSA) is 118 Å². The number of rotatable bonds is 80. The highest BCUT2D eigenvalue weighted by Gasteiger charge is 2.30. The summed E-state index contributed by atoms with van der Waals surface area (Å²) in [6.07, 6.45) is 75.2. The van der Waals surface area contributed by atoms with Crippen molar-refractivity contribution in [2.45, 2.75) is 439 Å². The number of unbranched alkanes of at least 4 members (excludes halogenated alkanes) is 52. The van der Waals surface area contributed by atoms with E-state index in [1.807, 2.05) is 0 Å². The zero-order valence-corrected chi connectivity index (χ0v) is 88.1. The molecule has 0 saturated carbocycles. The van der Waals surface area contributed by atoms with Gasteiger partial charge in [0.25, 0.3) is 0 Å². The first-order valence-corrected chi connectivity index (χ1v) is 53.0. The number of aliphatic hydroxyl groups excluding tert-OH is 4. The molecule has 5 rings (SSSR count). The number of aliphatic hydroxyl groups is 4. The highest BCUT2D eigenvalue weighted by Crippen LogP contribution is 2.43. The summed E-state index contributed by atoms with van der Waals surface area (Å²) in [4.78, 5) is 0. The Morgan fingerprint density at radius 1 is 0.195 bits per heavy atom. The first-order chi connectivity index (χ1) is 60.2. The van der Waals surface area contributed by atoms with Crippen molar-refractivity contribution in [3.8, 4) is 23.0 Å². The van der Waals surface area contributed by atoms with Gasteiger partial charge >= 0.3 is 0 Å². The molecule has 1 aliphatic rings. The van der Waals surface area contributed by atoms with Crippen molar-refractivity contribution in [2.24, 2.45) is 0 Å². The quantitative estimate of drug-likeness (QED) is 0.0225. The van der Waals surface area contributed by atoms with E-state index < -0.39 is 0 Å². The third-order valence-electron chi connectivity index (χ3n) is 27.0. The maximum Gasteiger partial charge on any atom is 0.126 e. The Balaban J connectivity index is 0.0000205. The summed E-state index contributed by atoms with van der Waals surface area (Å²) in [6, 6.07) is 19.7. The van der Waals surface area contributed by atoms with Crippen molar-refractivity contribution < 1.29 is 107 Å². The van der Waals surface area contributed by atoms with Crippen LogP contribution in [-0.4, -0.2) is 174 Å². The number of halogens is 4. The van der Waals surface area contributed by atoms with E-state index in [4.69, 9.17) is 18.9 Å². The van der Waals surface area contributed by atoms with Crippen LogP contribution >= 0.6 is 0 Å². The lowest BCUT2D eigenvalue weighted by Crippen LogP contribution is -3.00. The van der Waals surface area contributed by atoms with Crippen LogP contribution in [0.2, 0.25) is 0 Å². The number of hydrogen-bond acceptors (Lipinski definition) is 8. The normalized spacial score (nSPS) is 12.4. The minimum absolute atomic E-state index is 0. The Hall–Kier alpha value is -3.08. The number of fused-ring (bicyclic) bond motifs is 8. The first-order valence-electron chi connectivity index (χ1n) is 53.0. The minimum Gasteiger partial charge on any atom is -1.00 e. The van der Waals surface area contributed by atoms with Crippen molar-refractivity contribution in [3.05, 3.63) is 115 Å². The lowest BCUT2D eigenvalue weighted by molar-refractivity contribution is -0.903. The number of quaternary nitrogens is 4. The van der Waals surface area contributed by atoms with Crippen LogP contribution in [0.25, 0.3) is 0 Å². The van der Waals surface area contributed by atoms with E-state index in [2.05, 4.69) is 133 Å². The molecule has 744 valence electrons. The average Bonchev–Trinajstić information content (AvgIpc) is 0.767. The molecule has 0 heterocycles. The monoisotopic (exact) mass is 1870 g/mol. The van der Waals surface area contributed by atoms with E-state index in [9.17, 15) is 20.4 Å². The zero-order chi connectivity index (χ0) is 89.5. The van der Waals surface area contributed by atoms with Gasteiger partial charge in [0.1, 0.15) is 75.4 Å². The predicted octanol–water partition coefficient (Wildman–Crippen LogP) is 16.1. The molecular formula is C112H200Cl4N4O8. The van der Waals surface area contributed by atoms with Gasteiger partial charge in [0, 0.05) is 47.9 Å². The van der Waals surface area contributed by atoms with E-state index >= 15 is 0 Å². The summed E-state index contributed by atoms with van der Waals surface area (Å²) < 4.78 is 33.1. The molecule has 0 unspecified atom stereocenters. The Kier molecular flexibility index (Phi) is 73.0. The standard InChI is InChI=1S/C112H200N4O8.4ClH/c1-13-17-21-25-29-33-37-41-45-49-53-57-61-65-77-121-109-101-81-97(93-113(5,6)69-73-117)82-102(109)90-104-84-99(95-115(9,10)71-75-119)86-106(111(104)123-79-67-63-59-55-51-47-43-39-35-31-27-23-19-15-3)92-108-88-100(96-116(11,12)72-76-120)87-107(112(108)124-80-68-64-60-56-52-48-44-40-36-32-28-24-20-16-4)91-105-85-98(94-114(7,8)70-74-118)83-103(89-101)110(105)122-78-66-62-58-54-50-46-42-38-34-30-26-22-18-14-2;;;;/h81-88,117-120H,13-80,89-96H2,1-12H3;4*1H/q+4;;;;/p-4. The fraction of sp³-hybridized carbons (Fsp3) is 0.786. The fourth-order valence-corrected chi connectivity index (χ4v) is 19.5. The minimum atomic E-state index is 0. The van der Waals surface area contributed by atoms with E-state index in [0.29, 0.717) is 96.2 Å². The molecule has 16 heteroatoms. The molecule has 0 spiro atoms. The third kappa shape index (κ3) is 55.8. The molecule has 4 aromatic carbocycles. The molecule has 0 atom stereocenters. The molecule has 0 fully saturated rings. The largest absolute Gasteiger partial charge is 1.00 e. The highest BCUT2D eigenvalue weighted by molar-refractivity contribution is 5.59. The van der Waals surface area contributed by atoms with Gasteiger partial charge in [-0.15, -0.1) is 0 Å². The lowest BCUT2D eigenvalue weighted by Gasteiger charge is -2.31. The number of nitrogens with zero attached hydrogens (tertiary/aromatic N) is 4. The first kappa shape index (κ1) is 123. The molecule has 4 N–H and O–H groups in total. The van der Waals surface area contributed by atoms with Gasteiger partial charge in [0.2, 0.25) is 0 Å². The lowest BCUT2D eigenvalue weighted by atomic mass is 9.88. The number of likely N-dealkylation sites (N-methyl/N-ethyl adjacent to an activating group) is 4. The van der Waals surface area contributed by atoms with Crippen LogP contribution in [0.3, 0.4) is 0 Å². The van der Waals surface area contributed by atoms with Gasteiger partial charge in [-0.05, 0) is 119 Å². The second kappa shape index (κ2) is 76.0. The Morgan fingerprint density at radius 3 is 0.430 bits per heavy atom. The molecule has 8 bridgehead atoms. The molecule has 0 aromatic heterocycles. The summed E-state index contributed by atoms with van der Waals surface area (Å²) in [5, 5.41) is 42.9. The van der Waals surface area contributed by atoms with Crippen LogP contribution in [0.4, 0.5) is 0 Å². The summed E-state index contributed by atoms with van der Waals surface area (Å²) in [5.41, 5.74) is 14.2. The van der Waals surface area contributed by atoms with E-state index in [0.717, 1.165) is 145 Å². The summed E-state index contributed by atoms with van der Waals surface area (Å²) >= 11 is 0. The third-order valence-corrected chi connectivity index (χ3v) is 27.0. The van der Waals surface area contributed by atoms with Crippen LogP contribution in [0.15, 0.2) is 48.5 Å². The van der Waals surface area contributed by atoms with Crippen LogP contribution in [0.1, 0.15) is 454 Å². The maximum absolute atomic E-state index is 10.7. The molecule has 128 heavy (non-hydrogen) atoms. The summed E-state index contributed by atoms with van der Waals surface area (Å²) in [7, 11) is 18.1. The molecular weight excluding hydrogens is 1670 g/mol. The molecule has 0 saturated heterocycles. The van der Waals surface area contributed by atoms with E-state index in [-0.39, 0.29) is 76.1 Å². The summed E-state index contributed by atoms with van der Waals surface area (Å²) in [5.74, 6) is 3.88. The number of ether oxygens (including phenoxy) is 4. The van der Waals surface area contributed by atoms with Gasteiger partial charge in [-0.1, -0.05) is 362 Å². The highest BCUT2D eigenvalue weighted by atomic mass is 35.5. The van der Waals surface area contributed by atoms with Crippen molar-refractivity contribution in [1.82, 2.24) is 0 Å². The second-order valence-corrected chi connectivity index (χ2v) is 41.6. The Labute approximate surface area is 814 Å². The molecule has 4 aromatic rings. The Morgan fingerprint density at radius 2 is 0.312 bits per heavy atom. The van der Waals surface area contributed by atoms with Crippen molar-refractivity contribution in [2.75, 3.05) is 135 Å². The maximum atomic E-state index is 10.7. The van der Waals surface area contributed by atoms with Crippen molar-refractivity contribution in [3.63, 3.8) is 0 Å². The van der Waals surface area contributed by atoms with Crippen LogP contribution in [0, 0.1) is 0 Å². The van der Waals surface area contributed by atoms with E-state index in [1.54, 1.807) is 0 Å². The van der Waals surface area contributed by atoms with E-state index in [1.165, 1.54) is 330 Å². The van der Waals surface area contributed by atoms with Gasteiger partial charge in [-0.25, -0.2) is 0 Å². The van der Waals surface area contributed by atoms with Gasteiger partial charge in [-0.2, -0.15) is 0 Å². The molecule has 0 aliphatic heterocycles. The molecule has 0 radical (unpaired) electrons. The zero-order valence-electron chi connectivity index (χ0n) is 85.1. The molecule has 0 amide bonds. The van der Waals surface area contributed by atoms with Gasteiger partial charge in [0.15, 0.2) is 0 Å². The van der Waals surface area contributed by atoms with Crippen LogP contribution in [0.5, 0.6) is 23.0 Å². The summed E-state index contributed by atoms with van der Waals surface area (Å²) in [6.45, 7) is 17.6. The number of benzene rings is 4. The smallest absolute Gasteiger partial charge is 0.126 e. The van der Waals surface area contributed by atoms with Crippen molar-refractivity contribution >= 4 is 0 Å². The van der Waals surface area contributed by atoms with Crippen LogP contribution < -0.4 is 68.6 Å². The SMILES string of the molecule is CCCCCCCCCCCCCCCCOc1c2cc(C[N+](C)(C)CCO)cc1Cc1cc(C[N+](C)(C)CCO)cc(c1OCCCCCCCCCCCCCCCC)Cc1cc(C[N+](C)(C)CCO)cc(c1OCCCCCCCCCCCCCCCC)Cc1cc(C[N+](C)(C)CCO)cc(c1OCCCCCCCCCCCCCCCC)C2.[Cl-].[Cl-].[Cl-].[Cl-]. The van der Waals surface area contributed by atoms with Crippen molar-refractivity contribution in [1.29, 1.82) is 0 Å². The fourth-order valence-electron chi connectivity index (χ4n) is 19.5. The van der Waals surface area contributed by atoms with Crippen LogP contribution in [-0.2, 0) is 51.9 Å². The Bertz CT molecular complexity index is 2810. The van der Waals surface area contributed by atoms with Gasteiger partial charge in [-0.3, -0.25) is 0 Å². The second-order valence-electron chi connectivity index (χ2n) is 41.6. The molecule has 1 aliphatic carbocycles. The molecule has 12 nitrogen and oxygen atoms in total.